The summed E-state index contributed by atoms with van der Waals surface area (Å²) in [5.41, 5.74) is 7.65. The van der Waals surface area contributed by atoms with Crippen LogP contribution in [0.2, 0.25) is 0 Å². The van der Waals surface area contributed by atoms with Crippen molar-refractivity contribution in [1.29, 1.82) is 0 Å². The van der Waals surface area contributed by atoms with E-state index in [1.807, 2.05) is 49.4 Å². The molecule has 2 aromatic rings. The quantitative estimate of drug-likeness (QED) is 0.838. The Morgan fingerprint density at radius 3 is 2.62 bits per heavy atom. The van der Waals surface area contributed by atoms with Gasteiger partial charge in [0.05, 0.1) is 5.69 Å². The molecule has 2 rings (SSSR count). The van der Waals surface area contributed by atoms with Gasteiger partial charge in [-0.05, 0) is 42.8 Å². The summed E-state index contributed by atoms with van der Waals surface area (Å²) in [6.07, 6.45) is 0. The Hall–Kier alpha value is -1.48. The number of ether oxygens (including phenoxy) is 1. The van der Waals surface area contributed by atoms with Gasteiger partial charge in [-0.3, -0.25) is 0 Å². The summed E-state index contributed by atoms with van der Waals surface area (Å²) in [4.78, 5) is 0. The van der Waals surface area contributed by atoms with Gasteiger partial charge in [0, 0.05) is 4.47 Å². The predicted octanol–water partition coefficient (Wildman–Crippen LogP) is 4.13. The third kappa shape index (κ3) is 2.55. The SMILES string of the molecule is Cc1ccc(Oc2cccc(Br)c2)c(N)c1. The first-order chi connectivity index (χ1) is 7.65. The third-order valence-corrected chi connectivity index (χ3v) is 2.68. The molecule has 82 valence electrons. The molecule has 0 fully saturated rings. The number of aryl methyl sites for hydroxylation is 1. The van der Waals surface area contributed by atoms with Crippen molar-refractivity contribution in [1.82, 2.24) is 0 Å². The Labute approximate surface area is 103 Å². The van der Waals surface area contributed by atoms with E-state index in [-0.39, 0.29) is 0 Å². The van der Waals surface area contributed by atoms with Crippen molar-refractivity contribution in [3.8, 4) is 11.5 Å². The van der Waals surface area contributed by atoms with Crippen LogP contribution in [0.3, 0.4) is 0 Å². The fourth-order valence-corrected chi connectivity index (χ4v) is 1.80. The van der Waals surface area contributed by atoms with Crippen LogP contribution in [0.5, 0.6) is 11.5 Å². The van der Waals surface area contributed by atoms with E-state index in [4.69, 9.17) is 10.5 Å². The number of hydrogen-bond donors (Lipinski definition) is 1. The van der Waals surface area contributed by atoms with Crippen LogP contribution in [0.25, 0.3) is 0 Å². The average Bonchev–Trinajstić information content (AvgIpc) is 2.22. The van der Waals surface area contributed by atoms with Gasteiger partial charge in [-0.25, -0.2) is 0 Å². The summed E-state index contributed by atoms with van der Waals surface area (Å²) in [7, 11) is 0. The van der Waals surface area contributed by atoms with Gasteiger partial charge in [-0.15, -0.1) is 0 Å². The molecule has 3 heteroatoms. The lowest BCUT2D eigenvalue weighted by molar-refractivity contribution is 0.484. The Bertz CT molecular complexity index is 511. The summed E-state index contributed by atoms with van der Waals surface area (Å²) >= 11 is 3.39. The lowest BCUT2D eigenvalue weighted by atomic mass is 10.2. The molecule has 0 spiro atoms. The van der Waals surface area contributed by atoms with E-state index in [0.717, 1.165) is 15.8 Å². The number of anilines is 1. The van der Waals surface area contributed by atoms with Crippen LogP contribution in [0.15, 0.2) is 46.9 Å². The molecule has 2 N–H and O–H groups in total. The molecule has 0 aliphatic rings. The van der Waals surface area contributed by atoms with Crippen LogP contribution < -0.4 is 10.5 Å². The van der Waals surface area contributed by atoms with Gasteiger partial charge in [0.1, 0.15) is 11.5 Å². The molecule has 2 nitrogen and oxygen atoms in total. The number of hydrogen-bond acceptors (Lipinski definition) is 2. The van der Waals surface area contributed by atoms with Crippen molar-refractivity contribution in [2.45, 2.75) is 6.92 Å². The molecule has 0 aliphatic carbocycles. The summed E-state index contributed by atoms with van der Waals surface area (Å²) in [6.45, 7) is 2.00. The molecule has 0 aliphatic heterocycles. The fraction of sp³-hybridized carbons (Fsp3) is 0.0769. The van der Waals surface area contributed by atoms with Gasteiger partial charge in [0.2, 0.25) is 0 Å². The number of halogens is 1. The highest BCUT2D eigenvalue weighted by molar-refractivity contribution is 9.10. The molecule has 0 unspecified atom stereocenters. The third-order valence-electron chi connectivity index (χ3n) is 2.19. The molecule has 16 heavy (non-hydrogen) atoms. The highest BCUT2D eigenvalue weighted by Crippen LogP contribution is 2.29. The van der Waals surface area contributed by atoms with Crippen LogP contribution in [-0.2, 0) is 0 Å². The van der Waals surface area contributed by atoms with Crippen LogP contribution in [0.1, 0.15) is 5.56 Å². The Morgan fingerprint density at radius 2 is 1.94 bits per heavy atom. The maximum Gasteiger partial charge on any atom is 0.150 e. The topological polar surface area (TPSA) is 35.2 Å². The van der Waals surface area contributed by atoms with Crippen LogP contribution >= 0.6 is 15.9 Å². The predicted molar refractivity (Wildman–Crippen MR) is 69.8 cm³/mol. The molecule has 0 saturated heterocycles. The molecular formula is C13H12BrNO. The molecule has 0 radical (unpaired) electrons. The van der Waals surface area contributed by atoms with Crippen molar-refractivity contribution in [2.75, 3.05) is 5.73 Å². The van der Waals surface area contributed by atoms with Crippen LogP contribution in [0.4, 0.5) is 5.69 Å². The second-order valence-electron chi connectivity index (χ2n) is 3.60. The smallest absolute Gasteiger partial charge is 0.150 e. The first-order valence-electron chi connectivity index (χ1n) is 4.95. The lowest BCUT2D eigenvalue weighted by Gasteiger charge is -2.09. The molecular weight excluding hydrogens is 266 g/mol. The van der Waals surface area contributed by atoms with Gasteiger partial charge >= 0.3 is 0 Å². The summed E-state index contributed by atoms with van der Waals surface area (Å²) in [5, 5.41) is 0. The second kappa shape index (κ2) is 4.58. The lowest BCUT2D eigenvalue weighted by Crippen LogP contribution is -1.92. The van der Waals surface area contributed by atoms with Gasteiger partial charge < -0.3 is 10.5 Å². The minimum Gasteiger partial charge on any atom is -0.455 e. The van der Waals surface area contributed by atoms with E-state index in [2.05, 4.69) is 15.9 Å². The van der Waals surface area contributed by atoms with Crippen molar-refractivity contribution >= 4 is 21.6 Å². The zero-order valence-corrected chi connectivity index (χ0v) is 10.5. The zero-order valence-electron chi connectivity index (χ0n) is 8.91. The number of rotatable bonds is 2. The van der Waals surface area contributed by atoms with Crippen molar-refractivity contribution in [2.24, 2.45) is 0 Å². The van der Waals surface area contributed by atoms with E-state index >= 15 is 0 Å². The minimum absolute atomic E-state index is 0.653. The van der Waals surface area contributed by atoms with E-state index in [9.17, 15) is 0 Å². The molecule has 0 aromatic heterocycles. The normalized spacial score (nSPS) is 10.1. The van der Waals surface area contributed by atoms with E-state index < -0.39 is 0 Å². The maximum atomic E-state index is 5.87. The zero-order chi connectivity index (χ0) is 11.5. The standard InChI is InChI=1S/C13H12BrNO/c1-9-5-6-13(12(15)7-9)16-11-4-2-3-10(14)8-11/h2-8H,15H2,1H3. The molecule has 0 saturated carbocycles. The molecule has 0 bridgehead atoms. The molecule has 0 heterocycles. The van der Waals surface area contributed by atoms with Crippen molar-refractivity contribution < 1.29 is 4.74 Å². The summed E-state index contributed by atoms with van der Waals surface area (Å²) < 4.78 is 6.67. The largest absolute Gasteiger partial charge is 0.455 e. The van der Waals surface area contributed by atoms with Crippen LogP contribution in [-0.4, -0.2) is 0 Å². The summed E-state index contributed by atoms with van der Waals surface area (Å²) in [5.74, 6) is 1.45. The van der Waals surface area contributed by atoms with E-state index in [1.165, 1.54) is 0 Å². The van der Waals surface area contributed by atoms with E-state index in [1.54, 1.807) is 0 Å². The van der Waals surface area contributed by atoms with Gasteiger partial charge in [0.25, 0.3) is 0 Å². The van der Waals surface area contributed by atoms with Crippen molar-refractivity contribution in [3.05, 3.63) is 52.5 Å². The number of nitrogen functional groups attached to an aromatic ring is 1. The van der Waals surface area contributed by atoms with Gasteiger partial charge in [0.15, 0.2) is 0 Å². The monoisotopic (exact) mass is 277 g/mol. The summed E-state index contributed by atoms with van der Waals surface area (Å²) in [6, 6.07) is 13.4. The molecule has 0 atom stereocenters. The van der Waals surface area contributed by atoms with Gasteiger partial charge in [-0.1, -0.05) is 28.1 Å². The second-order valence-corrected chi connectivity index (χ2v) is 4.52. The maximum absolute atomic E-state index is 5.87. The Balaban J connectivity index is 2.27. The van der Waals surface area contributed by atoms with Gasteiger partial charge in [-0.2, -0.15) is 0 Å². The number of nitrogens with two attached hydrogens (primary N) is 1. The average molecular weight is 278 g/mol. The minimum atomic E-state index is 0.653. The Morgan fingerprint density at radius 1 is 1.12 bits per heavy atom. The first-order valence-corrected chi connectivity index (χ1v) is 5.74. The molecule has 2 aromatic carbocycles. The first kappa shape index (κ1) is 11.0. The van der Waals surface area contributed by atoms with E-state index in [0.29, 0.717) is 11.4 Å². The number of benzene rings is 2. The fourth-order valence-electron chi connectivity index (χ4n) is 1.42. The van der Waals surface area contributed by atoms with Crippen molar-refractivity contribution in [3.63, 3.8) is 0 Å². The van der Waals surface area contributed by atoms with Crippen LogP contribution in [0, 0.1) is 6.92 Å². The Kier molecular flexibility index (Phi) is 3.15. The molecule has 0 amide bonds. The highest BCUT2D eigenvalue weighted by Gasteiger charge is 2.02. The highest BCUT2D eigenvalue weighted by atomic mass is 79.9.